The lowest BCUT2D eigenvalue weighted by Crippen LogP contribution is -2.55. The van der Waals surface area contributed by atoms with Crippen LogP contribution >= 0.6 is 12.2 Å². The fraction of sp³-hybridized carbons (Fsp3) is 0.276. The van der Waals surface area contributed by atoms with Crippen LogP contribution < -0.4 is 15.1 Å². The number of carbonyl (C=O) groups is 2. The first-order valence-corrected chi connectivity index (χ1v) is 13.3. The molecule has 1 saturated carbocycles. The van der Waals surface area contributed by atoms with Crippen LogP contribution in [0.4, 0.5) is 28.9 Å². The molecule has 2 fully saturated rings. The number of nitrogens with one attached hydrogen (secondary N) is 1. The van der Waals surface area contributed by atoms with Gasteiger partial charge in [-0.15, -0.1) is 0 Å². The second-order valence-electron chi connectivity index (χ2n) is 9.83. The number of benzene rings is 2. The van der Waals surface area contributed by atoms with E-state index in [1.54, 1.807) is 0 Å². The summed E-state index contributed by atoms with van der Waals surface area (Å²) < 4.78 is 56.8. The molecule has 5 rings (SSSR count). The molecule has 2 amide bonds. The average molecular weight is 582 g/mol. The quantitative estimate of drug-likeness (QED) is 0.224. The summed E-state index contributed by atoms with van der Waals surface area (Å²) in [5, 5.41) is 11.6. The number of carbonyl (C=O) groups excluding carboxylic acids is 2. The number of halogens is 4. The van der Waals surface area contributed by atoms with Gasteiger partial charge in [0, 0.05) is 6.54 Å². The molecule has 41 heavy (non-hydrogen) atoms. The molecule has 12 heteroatoms. The van der Waals surface area contributed by atoms with Gasteiger partial charge in [-0.3, -0.25) is 14.5 Å². The topological polar surface area (TPSA) is 89.3 Å². The number of nitriles is 1. The van der Waals surface area contributed by atoms with Crippen LogP contribution in [0.2, 0.25) is 0 Å². The number of hydrogen-bond donors (Lipinski definition) is 1. The minimum absolute atomic E-state index is 0.125. The molecule has 1 aliphatic heterocycles. The van der Waals surface area contributed by atoms with Crippen LogP contribution in [-0.2, 0) is 17.4 Å². The van der Waals surface area contributed by atoms with E-state index in [1.165, 1.54) is 29.2 Å². The van der Waals surface area contributed by atoms with Crippen molar-refractivity contribution < 1.29 is 27.2 Å². The number of thiocarbonyl (C=S) groups is 1. The van der Waals surface area contributed by atoms with E-state index in [0.717, 1.165) is 23.1 Å². The Morgan fingerprint density at radius 1 is 1.15 bits per heavy atom. The minimum Gasteiger partial charge on any atom is -0.352 e. The maximum absolute atomic E-state index is 15.9. The van der Waals surface area contributed by atoms with Crippen LogP contribution in [0.15, 0.2) is 60.8 Å². The lowest BCUT2D eigenvalue weighted by atomic mass is 9.75. The average Bonchev–Trinajstić information content (AvgIpc) is 3.17. The molecule has 0 unspecified atom stereocenters. The van der Waals surface area contributed by atoms with Gasteiger partial charge in [0.2, 0.25) is 0 Å². The van der Waals surface area contributed by atoms with Gasteiger partial charge in [0.15, 0.2) is 16.6 Å². The summed E-state index contributed by atoms with van der Waals surface area (Å²) in [6.07, 6.45) is -1.39. The van der Waals surface area contributed by atoms with Crippen molar-refractivity contribution in [3.63, 3.8) is 0 Å². The molecule has 1 aromatic heterocycles. The van der Waals surface area contributed by atoms with E-state index in [4.69, 9.17) is 17.5 Å². The summed E-state index contributed by atoms with van der Waals surface area (Å²) in [6, 6.07) is 15.9. The maximum Gasteiger partial charge on any atom is 0.419 e. The third kappa shape index (κ3) is 5.02. The van der Waals surface area contributed by atoms with E-state index >= 15 is 4.39 Å². The summed E-state index contributed by atoms with van der Waals surface area (Å²) in [6.45, 7) is 0.308. The van der Waals surface area contributed by atoms with Crippen molar-refractivity contribution in [2.24, 2.45) is 0 Å². The molecule has 0 radical (unpaired) electrons. The van der Waals surface area contributed by atoms with E-state index in [9.17, 15) is 22.8 Å². The van der Waals surface area contributed by atoms with Crippen LogP contribution in [-0.4, -0.2) is 34.0 Å². The van der Waals surface area contributed by atoms with Gasteiger partial charge in [-0.25, -0.2) is 9.37 Å². The number of rotatable bonds is 7. The highest BCUT2D eigenvalue weighted by molar-refractivity contribution is 7.81. The molecular weight excluding hydrogens is 558 g/mol. The Bertz CT molecular complexity index is 1570. The number of amides is 2. The van der Waals surface area contributed by atoms with Gasteiger partial charge in [0.05, 0.1) is 28.7 Å². The predicted molar refractivity (Wildman–Crippen MR) is 147 cm³/mol. The lowest BCUT2D eigenvalue weighted by molar-refractivity contribution is -0.138. The standard InChI is InChI=1S/C29H23F4N5O2S/c30-24-20(25(39)35-14-5-9-18-7-2-1-3-8-18)10-4-11-23(24)38-27(41)37(26(40)28(38)12-6-13-28)19-15-21(29(31,32)33)22(16-34)36-17-19/h1-4,7-8,10-11,15,17H,5-6,9,12-14H2,(H,35,39). The SMILES string of the molecule is N#Cc1ncc(N2C(=O)C3(CCC3)N(c3cccc(C(=O)NCCCc4ccccc4)c3F)C2=S)cc1C(F)(F)F. The van der Waals surface area contributed by atoms with Crippen molar-refractivity contribution in [1.82, 2.24) is 10.3 Å². The van der Waals surface area contributed by atoms with Crippen molar-refractivity contribution in [1.29, 1.82) is 5.26 Å². The summed E-state index contributed by atoms with van der Waals surface area (Å²) in [4.78, 5) is 32.3. The highest BCUT2D eigenvalue weighted by Gasteiger charge is 2.60. The third-order valence-electron chi connectivity index (χ3n) is 7.37. The van der Waals surface area contributed by atoms with E-state index in [1.807, 2.05) is 30.3 Å². The van der Waals surface area contributed by atoms with E-state index in [-0.39, 0.29) is 34.9 Å². The first kappa shape index (κ1) is 28.2. The molecular formula is C29H23F4N5O2S. The second-order valence-corrected chi connectivity index (χ2v) is 10.2. The molecule has 1 spiro atoms. The summed E-state index contributed by atoms with van der Waals surface area (Å²) in [5.41, 5.74) is -3.02. The summed E-state index contributed by atoms with van der Waals surface area (Å²) in [7, 11) is 0. The van der Waals surface area contributed by atoms with Gasteiger partial charge < -0.3 is 10.2 Å². The molecule has 2 aliphatic rings. The van der Waals surface area contributed by atoms with E-state index in [0.29, 0.717) is 25.5 Å². The van der Waals surface area contributed by atoms with Crippen molar-refractivity contribution in [3.8, 4) is 6.07 Å². The van der Waals surface area contributed by atoms with Gasteiger partial charge in [-0.05, 0) is 68.1 Å². The van der Waals surface area contributed by atoms with Gasteiger partial charge in [-0.1, -0.05) is 36.4 Å². The smallest absolute Gasteiger partial charge is 0.352 e. The zero-order chi connectivity index (χ0) is 29.4. The Balaban J connectivity index is 1.42. The third-order valence-corrected chi connectivity index (χ3v) is 7.73. The number of nitrogens with zero attached hydrogens (tertiary/aromatic N) is 4. The van der Waals surface area contributed by atoms with E-state index in [2.05, 4.69) is 10.3 Å². The second kappa shape index (κ2) is 10.9. The van der Waals surface area contributed by atoms with Crippen LogP contribution in [0, 0.1) is 17.1 Å². The molecule has 2 heterocycles. The molecule has 3 aromatic rings. The molecule has 1 saturated heterocycles. The molecule has 7 nitrogen and oxygen atoms in total. The number of hydrogen-bond acceptors (Lipinski definition) is 5. The van der Waals surface area contributed by atoms with Gasteiger partial charge in [-0.2, -0.15) is 18.4 Å². The number of aryl methyl sites for hydroxylation is 1. The van der Waals surface area contributed by atoms with Crippen molar-refractivity contribution >= 4 is 40.5 Å². The highest BCUT2D eigenvalue weighted by Crippen LogP contribution is 2.49. The Morgan fingerprint density at radius 2 is 1.88 bits per heavy atom. The Labute approximate surface area is 238 Å². The van der Waals surface area contributed by atoms with Gasteiger partial charge in [0.1, 0.15) is 11.6 Å². The predicted octanol–water partition coefficient (Wildman–Crippen LogP) is 5.53. The number of alkyl halides is 3. The van der Waals surface area contributed by atoms with Crippen LogP contribution in [0.25, 0.3) is 0 Å². The summed E-state index contributed by atoms with van der Waals surface area (Å²) in [5.74, 6) is -2.16. The number of pyridine rings is 1. The monoisotopic (exact) mass is 581 g/mol. The van der Waals surface area contributed by atoms with Crippen LogP contribution in [0.1, 0.15) is 52.9 Å². The first-order chi connectivity index (χ1) is 19.6. The van der Waals surface area contributed by atoms with Crippen molar-refractivity contribution in [2.45, 2.75) is 43.8 Å². The number of aromatic nitrogens is 1. The lowest BCUT2D eigenvalue weighted by Gasteiger charge is -2.43. The first-order valence-electron chi connectivity index (χ1n) is 12.9. The zero-order valence-electron chi connectivity index (χ0n) is 21.5. The Morgan fingerprint density at radius 3 is 2.51 bits per heavy atom. The fourth-order valence-electron chi connectivity index (χ4n) is 5.17. The molecule has 0 bridgehead atoms. The van der Waals surface area contributed by atoms with Crippen LogP contribution in [0.3, 0.4) is 0 Å². The largest absolute Gasteiger partial charge is 0.419 e. The Hall–Kier alpha value is -4.37. The molecule has 1 aliphatic carbocycles. The van der Waals surface area contributed by atoms with Gasteiger partial charge >= 0.3 is 6.18 Å². The molecule has 2 aromatic carbocycles. The van der Waals surface area contributed by atoms with Crippen LogP contribution in [0.5, 0.6) is 0 Å². The molecule has 0 atom stereocenters. The minimum atomic E-state index is -4.90. The molecule has 210 valence electrons. The van der Waals surface area contributed by atoms with E-state index < -0.39 is 40.6 Å². The molecule has 1 N–H and O–H groups in total. The van der Waals surface area contributed by atoms with Gasteiger partial charge in [0.25, 0.3) is 11.8 Å². The van der Waals surface area contributed by atoms with Crippen molar-refractivity contribution in [3.05, 3.63) is 89.0 Å². The maximum atomic E-state index is 15.9. The van der Waals surface area contributed by atoms with Crippen molar-refractivity contribution in [2.75, 3.05) is 16.3 Å². The fourth-order valence-corrected chi connectivity index (χ4v) is 5.63. The Kier molecular flexibility index (Phi) is 7.48. The highest BCUT2D eigenvalue weighted by atomic mass is 32.1. The summed E-state index contributed by atoms with van der Waals surface area (Å²) >= 11 is 5.54. The number of anilines is 2. The zero-order valence-corrected chi connectivity index (χ0v) is 22.4. The normalized spacial score (nSPS) is 16.1.